The lowest BCUT2D eigenvalue weighted by atomic mass is 10.2. The molecule has 0 aromatic carbocycles. The van der Waals surface area contributed by atoms with Gasteiger partial charge in [-0.15, -0.1) is 11.3 Å². The maximum atomic E-state index is 11.8. The van der Waals surface area contributed by atoms with Crippen molar-refractivity contribution in [3.8, 4) is 0 Å². The van der Waals surface area contributed by atoms with Gasteiger partial charge in [0.25, 0.3) is 0 Å². The van der Waals surface area contributed by atoms with E-state index in [2.05, 4.69) is 15.2 Å². The number of amides is 1. The highest BCUT2D eigenvalue weighted by Gasteiger charge is 2.26. The van der Waals surface area contributed by atoms with Gasteiger partial charge in [-0.1, -0.05) is 0 Å². The van der Waals surface area contributed by atoms with E-state index in [9.17, 15) is 4.79 Å². The molecule has 0 radical (unpaired) electrons. The summed E-state index contributed by atoms with van der Waals surface area (Å²) in [7, 11) is 0. The lowest BCUT2D eigenvalue weighted by Crippen LogP contribution is -2.39. The second-order valence-corrected chi connectivity index (χ2v) is 5.77. The predicted octanol–water partition coefficient (Wildman–Crippen LogP) is 2.53. The van der Waals surface area contributed by atoms with Gasteiger partial charge in [0.05, 0.1) is 6.26 Å². The van der Waals surface area contributed by atoms with Gasteiger partial charge in [-0.3, -0.25) is 4.79 Å². The Morgan fingerprint density at radius 1 is 1.62 bits per heavy atom. The van der Waals surface area contributed by atoms with Crippen molar-refractivity contribution in [2.24, 2.45) is 0 Å². The minimum Gasteiger partial charge on any atom is -0.465 e. The molecule has 0 saturated carbocycles. The molecule has 0 spiro atoms. The van der Waals surface area contributed by atoms with Crippen molar-refractivity contribution >= 4 is 28.5 Å². The van der Waals surface area contributed by atoms with E-state index in [1.54, 1.807) is 29.7 Å². The normalized spacial score (nSPS) is 18.5. The van der Waals surface area contributed by atoms with Crippen LogP contribution in [0.25, 0.3) is 6.08 Å². The SMILES string of the molecule is O=C(/C=C/c1ccco1)NCC1CCCN1c1nccs1. The number of anilines is 1. The average molecular weight is 303 g/mol. The van der Waals surface area contributed by atoms with E-state index in [0.717, 1.165) is 24.5 Å². The molecule has 1 N–H and O–H groups in total. The van der Waals surface area contributed by atoms with Gasteiger partial charge < -0.3 is 14.6 Å². The van der Waals surface area contributed by atoms with Crippen molar-refractivity contribution in [3.05, 3.63) is 41.8 Å². The zero-order chi connectivity index (χ0) is 14.5. The summed E-state index contributed by atoms with van der Waals surface area (Å²) in [6.45, 7) is 1.65. The van der Waals surface area contributed by atoms with Crippen LogP contribution in [-0.4, -0.2) is 30.0 Å². The summed E-state index contributed by atoms with van der Waals surface area (Å²) in [6, 6.07) is 3.93. The van der Waals surface area contributed by atoms with Gasteiger partial charge in [-0.05, 0) is 31.1 Å². The second kappa shape index (κ2) is 6.58. The molecule has 2 aromatic heterocycles. The van der Waals surface area contributed by atoms with Crippen LogP contribution < -0.4 is 10.2 Å². The summed E-state index contributed by atoms with van der Waals surface area (Å²) >= 11 is 1.64. The highest BCUT2D eigenvalue weighted by atomic mass is 32.1. The van der Waals surface area contributed by atoms with Gasteiger partial charge in [0.1, 0.15) is 5.76 Å². The Hall–Kier alpha value is -2.08. The molecular weight excluding hydrogens is 286 g/mol. The standard InChI is InChI=1S/C15H17N3O2S/c19-14(6-5-13-4-2-9-20-13)17-11-12-3-1-8-18(12)15-16-7-10-21-15/h2,4-7,9-10,12H,1,3,8,11H2,(H,17,19)/b6-5+. The van der Waals surface area contributed by atoms with Crippen LogP contribution in [0.4, 0.5) is 5.13 Å². The first-order valence-corrected chi connectivity index (χ1v) is 7.86. The zero-order valence-electron chi connectivity index (χ0n) is 11.6. The fourth-order valence-corrected chi connectivity index (χ4v) is 3.22. The predicted molar refractivity (Wildman–Crippen MR) is 83.2 cm³/mol. The Labute approximate surface area is 127 Å². The van der Waals surface area contributed by atoms with E-state index in [-0.39, 0.29) is 5.91 Å². The maximum absolute atomic E-state index is 11.8. The van der Waals surface area contributed by atoms with Crippen LogP contribution in [0.1, 0.15) is 18.6 Å². The molecule has 3 heterocycles. The molecule has 21 heavy (non-hydrogen) atoms. The molecule has 110 valence electrons. The van der Waals surface area contributed by atoms with Crippen LogP contribution in [0.15, 0.2) is 40.5 Å². The topological polar surface area (TPSA) is 58.4 Å². The van der Waals surface area contributed by atoms with Crippen LogP contribution >= 0.6 is 11.3 Å². The zero-order valence-corrected chi connectivity index (χ0v) is 12.4. The minimum absolute atomic E-state index is 0.0996. The molecule has 5 nitrogen and oxygen atoms in total. The number of hydrogen-bond acceptors (Lipinski definition) is 5. The molecule has 1 aliphatic rings. The summed E-state index contributed by atoms with van der Waals surface area (Å²) in [5, 5.41) is 5.97. The number of nitrogens with zero attached hydrogens (tertiary/aromatic N) is 2. The summed E-state index contributed by atoms with van der Waals surface area (Å²) < 4.78 is 5.15. The van der Waals surface area contributed by atoms with Crippen LogP contribution in [0.3, 0.4) is 0 Å². The molecule has 1 aliphatic heterocycles. The average Bonchev–Trinajstić information content (AvgIpc) is 3.24. The highest BCUT2D eigenvalue weighted by Crippen LogP contribution is 2.26. The summed E-state index contributed by atoms with van der Waals surface area (Å²) in [6.07, 6.45) is 8.80. The van der Waals surface area contributed by atoms with Gasteiger partial charge in [-0.25, -0.2) is 4.98 Å². The third-order valence-electron chi connectivity index (χ3n) is 3.50. The number of hydrogen-bond donors (Lipinski definition) is 1. The van der Waals surface area contributed by atoms with Gasteiger partial charge in [0.15, 0.2) is 5.13 Å². The van der Waals surface area contributed by atoms with Crippen LogP contribution in [-0.2, 0) is 4.79 Å². The molecule has 1 saturated heterocycles. The van der Waals surface area contributed by atoms with E-state index in [1.807, 2.05) is 17.6 Å². The Kier molecular flexibility index (Phi) is 4.35. The van der Waals surface area contributed by atoms with E-state index < -0.39 is 0 Å². The third kappa shape index (κ3) is 3.52. The van der Waals surface area contributed by atoms with E-state index in [1.165, 1.54) is 6.08 Å². The van der Waals surface area contributed by atoms with Crippen molar-refractivity contribution in [1.82, 2.24) is 10.3 Å². The van der Waals surface area contributed by atoms with Crippen molar-refractivity contribution in [3.63, 3.8) is 0 Å². The van der Waals surface area contributed by atoms with Crippen molar-refractivity contribution in [2.75, 3.05) is 18.0 Å². The van der Waals surface area contributed by atoms with Crippen molar-refractivity contribution < 1.29 is 9.21 Å². The molecule has 1 atom stereocenters. The number of nitrogens with one attached hydrogen (secondary N) is 1. The first-order chi connectivity index (χ1) is 10.3. The fourth-order valence-electron chi connectivity index (χ4n) is 2.48. The number of carbonyl (C=O) groups is 1. The molecule has 3 rings (SSSR count). The number of carbonyl (C=O) groups excluding carboxylic acids is 1. The van der Waals surface area contributed by atoms with Gasteiger partial charge in [-0.2, -0.15) is 0 Å². The van der Waals surface area contributed by atoms with E-state index in [4.69, 9.17) is 4.42 Å². The molecule has 1 fully saturated rings. The molecule has 2 aromatic rings. The second-order valence-electron chi connectivity index (χ2n) is 4.90. The molecular formula is C15H17N3O2S. The number of furan rings is 1. The van der Waals surface area contributed by atoms with Gasteiger partial charge >= 0.3 is 0 Å². The monoisotopic (exact) mass is 303 g/mol. The van der Waals surface area contributed by atoms with Crippen molar-refractivity contribution in [2.45, 2.75) is 18.9 Å². The van der Waals surface area contributed by atoms with Crippen LogP contribution in [0.5, 0.6) is 0 Å². The van der Waals surface area contributed by atoms with E-state index in [0.29, 0.717) is 18.3 Å². The molecule has 0 bridgehead atoms. The third-order valence-corrected chi connectivity index (χ3v) is 4.30. The van der Waals surface area contributed by atoms with Crippen LogP contribution in [0, 0.1) is 0 Å². The summed E-state index contributed by atoms with van der Waals surface area (Å²) in [5.74, 6) is 0.577. The van der Waals surface area contributed by atoms with Gasteiger partial charge in [0, 0.05) is 36.8 Å². The summed E-state index contributed by atoms with van der Waals surface area (Å²) in [5.41, 5.74) is 0. The molecule has 6 heteroatoms. The van der Waals surface area contributed by atoms with Gasteiger partial charge in [0.2, 0.25) is 5.91 Å². The fraction of sp³-hybridized carbons (Fsp3) is 0.333. The first kappa shape index (κ1) is 13.9. The number of thiazole rings is 1. The molecule has 0 aliphatic carbocycles. The highest BCUT2D eigenvalue weighted by molar-refractivity contribution is 7.13. The summed E-state index contributed by atoms with van der Waals surface area (Å²) in [4.78, 5) is 18.4. The Morgan fingerprint density at radius 3 is 3.33 bits per heavy atom. The van der Waals surface area contributed by atoms with Crippen LogP contribution in [0.2, 0.25) is 0 Å². The lowest BCUT2D eigenvalue weighted by Gasteiger charge is -2.23. The lowest BCUT2D eigenvalue weighted by molar-refractivity contribution is -0.116. The molecule has 1 amide bonds. The Balaban J connectivity index is 1.51. The smallest absolute Gasteiger partial charge is 0.244 e. The first-order valence-electron chi connectivity index (χ1n) is 6.98. The largest absolute Gasteiger partial charge is 0.465 e. The maximum Gasteiger partial charge on any atom is 0.244 e. The Bertz CT molecular complexity index is 592. The number of aromatic nitrogens is 1. The minimum atomic E-state index is -0.0996. The Morgan fingerprint density at radius 2 is 2.57 bits per heavy atom. The number of rotatable bonds is 5. The molecule has 1 unspecified atom stereocenters. The quantitative estimate of drug-likeness (QED) is 0.862. The van der Waals surface area contributed by atoms with Crippen molar-refractivity contribution in [1.29, 1.82) is 0 Å². The van der Waals surface area contributed by atoms with E-state index >= 15 is 0 Å².